The van der Waals surface area contributed by atoms with E-state index in [0.717, 1.165) is 12.2 Å². The molecule has 0 atom stereocenters. The Morgan fingerprint density at radius 2 is 0.879 bits per heavy atom. The van der Waals surface area contributed by atoms with Gasteiger partial charge in [-0.25, -0.2) is 9.59 Å². The van der Waals surface area contributed by atoms with Crippen LogP contribution >= 0.6 is 0 Å². The number of allylic oxidation sites excluding steroid dienone is 1. The molecule has 0 spiro atoms. The molecule has 0 unspecified atom stereocenters. The molecule has 1 aromatic heterocycles. The summed E-state index contributed by atoms with van der Waals surface area (Å²) in [6.07, 6.45) is 3.59. The second-order valence-corrected chi connectivity index (χ2v) is 3.77. The fraction of sp³-hybridized carbons (Fsp3) is 0. The van der Waals surface area contributed by atoms with E-state index in [1.54, 1.807) is 0 Å². The van der Waals surface area contributed by atoms with Gasteiger partial charge in [0, 0.05) is 12.2 Å². The molecule has 0 saturated heterocycles. The quantitative estimate of drug-likeness (QED) is 0.132. The second-order valence-electron chi connectivity index (χ2n) is 3.77. The summed E-state index contributed by atoms with van der Waals surface area (Å²) in [7, 11) is 18.1. The van der Waals surface area contributed by atoms with Crippen LogP contribution in [0.2, 0.25) is 0 Å². The summed E-state index contributed by atoms with van der Waals surface area (Å²) in [4.78, 5) is 30.4. The van der Waals surface area contributed by atoms with Gasteiger partial charge >= 0.3 is 0 Å². The second kappa shape index (κ2) is 27.3. The Hall–Kier alpha value is -6.89. The summed E-state index contributed by atoms with van der Waals surface area (Å²) in [6.45, 7) is 13.0. The average molecular weight is 1220 g/mol. The van der Waals surface area contributed by atoms with Crippen molar-refractivity contribution >= 4 is 11.9 Å². The summed E-state index contributed by atoms with van der Waals surface area (Å²) in [5.41, 5.74) is 0. The third-order valence-electron chi connectivity index (χ3n) is 1.99. The Balaban J connectivity index is -0.0000000761. The molecule has 14 heteroatoms. The van der Waals surface area contributed by atoms with Crippen molar-refractivity contribution in [1.82, 2.24) is 15.0 Å². The molecular weight excluding hydrogens is 1200 g/mol. The van der Waals surface area contributed by atoms with Crippen LogP contribution in [0.25, 0.3) is 0 Å². The number of ether oxygens (including phenoxy) is 6. The minimum atomic E-state index is -0.505. The molecule has 0 aliphatic heterocycles. The van der Waals surface area contributed by atoms with Gasteiger partial charge in [-0.2, -0.15) is 42.7 Å². The number of aromatic nitrogens is 3. The minimum Gasteiger partial charge on any atom is -0.666 e. The van der Waals surface area contributed by atoms with Crippen LogP contribution in [0.3, 0.4) is 0 Å². The van der Waals surface area contributed by atoms with Crippen molar-refractivity contribution in [3.8, 4) is 18.0 Å². The first-order chi connectivity index (χ1) is 14.2. The Labute approximate surface area is 176 Å². The van der Waals surface area contributed by atoms with E-state index in [1.807, 2.05) is 0 Å². The van der Waals surface area contributed by atoms with Crippen LogP contribution in [0.1, 0.15) is 0 Å². The normalized spacial score (nSPS) is 7.09. The Morgan fingerprint density at radius 1 is 0.606 bits per heavy atom. The molecule has 0 N–H and O–H groups in total. The molecule has 1 rings (SSSR count). The molecular formula is C19H23N3O8Rf3-6. The molecule has 0 fully saturated rings. The van der Waals surface area contributed by atoms with E-state index in [1.165, 1.54) is 6.08 Å². The van der Waals surface area contributed by atoms with Gasteiger partial charge in [-0.3, -0.25) is 0 Å². The van der Waals surface area contributed by atoms with E-state index >= 15 is 0 Å². The molecule has 1 aromatic rings. The molecule has 0 amide bonds. The summed E-state index contributed by atoms with van der Waals surface area (Å²) in [5.74, 6) is -0.514. The van der Waals surface area contributed by atoms with E-state index in [2.05, 4.69) is 112 Å². The Bertz CT molecular complexity index is 589. The van der Waals surface area contributed by atoms with E-state index < -0.39 is 11.9 Å². The molecule has 174 valence electrons. The van der Waals surface area contributed by atoms with Gasteiger partial charge in [0.15, 0.2) is 0 Å². The van der Waals surface area contributed by atoms with Gasteiger partial charge in [-0.15, -0.1) is 15.0 Å². The summed E-state index contributed by atoms with van der Waals surface area (Å²) in [6, 6.07) is -0.0769. The predicted molar refractivity (Wildman–Crippen MR) is 107 cm³/mol. The SMILES string of the molecule is C=CC(=C)O[CH2-].C=CC(=O)O[CH2-].C=CC(=O)O[CH2-].[CH2-]Oc1nc(O[CH2-])nc(O[CH2-])n1.[Rf].[Rf].[Rf]. The monoisotopic (exact) mass is 1220 g/mol. The van der Waals surface area contributed by atoms with E-state index in [-0.39, 0.29) is 18.0 Å². The van der Waals surface area contributed by atoms with Crippen molar-refractivity contribution in [2.75, 3.05) is 0 Å². The molecule has 0 saturated carbocycles. The summed E-state index contributed by atoms with van der Waals surface area (Å²) < 4.78 is 25.5. The van der Waals surface area contributed by atoms with Crippen molar-refractivity contribution in [2.24, 2.45) is 0 Å². The van der Waals surface area contributed by atoms with Gasteiger partial charge in [0.2, 0.25) is 0 Å². The van der Waals surface area contributed by atoms with Crippen molar-refractivity contribution in [3.63, 3.8) is 0 Å². The standard InChI is InChI=1S/C6H6N3O3.C5H7O.2C4H5O2.3Rf/c1-10-4-7-5(11-2)9-6(8-4)12-3;1-4-5(2)6-3;2*1-3-4(5)6-2;;;/h1-3H2;4H,1-3H2;2*3H,1-2H2;;;/q-3;3*-1;;;. The van der Waals surface area contributed by atoms with Crippen molar-refractivity contribution in [2.45, 2.75) is 0 Å². The maximum atomic E-state index is 9.78. The van der Waals surface area contributed by atoms with Gasteiger partial charge in [0.25, 0.3) is 30.0 Å². The van der Waals surface area contributed by atoms with E-state index in [9.17, 15) is 9.59 Å². The fourth-order valence-corrected chi connectivity index (χ4v) is 0.691. The van der Waals surface area contributed by atoms with Gasteiger partial charge in [0.05, 0.1) is 5.76 Å². The first-order valence-electron chi connectivity index (χ1n) is 7.15. The minimum absolute atomic E-state index is 0. The maximum Gasteiger partial charge on any atom is 0.298 e. The van der Waals surface area contributed by atoms with Gasteiger partial charge in [-0.1, -0.05) is 26.3 Å². The average Bonchev–Trinajstić information content (AvgIpc) is 2.82. The number of carbonyl (C=O) groups is 2. The van der Waals surface area contributed by atoms with Crippen LogP contribution in [-0.4, -0.2) is 26.9 Å². The van der Waals surface area contributed by atoms with Crippen LogP contribution < -0.4 is 14.2 Å². The summed E-state index contributed by atoms with van der Waals surface area (Å²) in [5, 5.41) is 0. The number of hydrogen-bond donors (Lipinski definition) is 0. The third-order valence-corrected chi connectivity index (χ3v) is 1.99. The molecule has 0 radical (unpaired) electrons. The zero-order valence-corrected chi connectivity index (χ0v) is 37.7. The topological polar surface area (TPSA) is 128 Å². The molecule has 0 aliphatic rings. The van der Waals surface area contributed by atoms with Gasteiger partial charge < -0.3 is 28.4 Å². The smallest absolute Gasteiger partial charge is 0.298 e. The number of rotatable bonds is 7. The zero-order chi connectivity index (χ0) is 23.9. The number of esters is 2. The molecule has 11 nitrogen and oxygen atoms in total. The first-order valence-corrected chi connectivity index (χ1v) is 7.15. The zero-order valence-electron chi connectivity index (χ0n) is 18.5. The van der Waals surface area contributed by atoms with E-state index in [0.29, 0.717) is 5.76 Å². The largest absolute Gasteiger partial charge is 0.666 e. The van der Waals surface area contributed by atoms with Crippen LogP contribution in [0, 0.1) is 42.7 Å². The van der Waals surface area contributed by atoms with Gasteiger partial charge in [-0.05, 0) is 6.08 Å². The molecule has 0 bridgehead atoms. The van der Waals surface area contributed by atoms with Gasteiger partial charge in [0.1, 0.15) is 0 Å². The maximum absolute atomic E-state index is 9.78. The number of nitrogens with zero attached hydrogens (tertiary/aromatic N) is 3. The van der Waals surface area contributed by atoms with Crippen molar-refractivity contribution in [3.05, 3.63) is 93.0 Å². The van der Waals surface area contributed by atoms with Crippen molar-refractivity contribution < 1.29 is 38.0 Å². The molecule has 33 heavy (non-hydrogen) atoms. The number of carbonyl (C=O) groups excluding carboxylic acids is 2. The molecule has 1 heterocycles. The molecule has 0 aliphatic carbocycles. The Kier molecular flexibility index (Phi) is 33.7. The Morgan fingerprint density at radius 3 is 0.939 bits per heavy atom. The van der Waals surface area contributed by atoms with Crippen LogP contribution in [0.4, 0.5) is 0 Å². The van der Waals surface area contributed by atoms with Crippen LogP contribution in [0.15, 0.2) is 50.3 Å². The third kappa shape index (κ3) is 25.1. The van der Waals surface area contributed by atoms with E-state index in [4.69, 9.17) is 0 Å². The van der Waals surface area contributed by atoms with Crippen LogP contribution in [0.5, 0.6) is 18.0 Å². The molecule has 0 aromatic carbocycles. The van der Waals surface area contributed by atoms with Crippen molar-refractivity contribution in [1.29, 1.82) is 0 Å². The predicted octanol–water partition coefficient (Wildman–Crippen LogP) is 2.89. The number of hydrogen-bond acceptors (Lipinski definition) is 11. The van der Waals surface area contributed by atoms with Crippen LogP contribution in [-0.2, 0) is 23.8 Å². The fourth-order valence-electron chi connectivity index (χ4n) is 0.691. The summed E-state index contributed by atoms with van der Waals surface area (Å²) >= 11 is 0. The first kappa shape index (κ1) is 40.7.